The minimum Gasteiger partial charge on any atom is -0.495 e. The number of carbonyl (C=O) groups excluding carboxylic acids is 1. The van der Waals surface area contributed by atoms with Gasteiger partial charge in [0.2, 0.25) is 0 Å². The average Bonchev–Trinajstić information content (AvgIpc) is 2.59. The SMILES string of the molecule is COc1cc2nc[nH]c(=O)c2cc1N1CCN(C(=O)OC(C)(C)C)C[C@@H]1C. The second-order valence-corrected chi connectivity index (χ2v) is 7.74. The molecule has 1 aliphatic rings. The van der Waals surface area contributed by atoms with Crippen LogP contribution in [0.15, 0.2) is 23.3 Å². The van der Waals surface area contributed by atoms with Gasteiger partial charge in [-0.1, -0.05) is 0 Å². The van der Waals surface area contributed by atoms with Crippen molar-refractivity contribution in [2.24, 2.45) is 0 Å². The summed E-state index contributed by atoms with van der Waals surface area (Å²) in [6.07, 6.45) is 1.08. The molecule has 1 aromatic carbocycles. The number of methoxy groups -OCH3 is 1. The van der Waals surface area contributed by atoms with Crippen LogP contribution in [0.4, 0.5) is 10.5 Å². The highest BCUT2D eigenvalue weighted by atomic mass is 16.6. The fourth-order valence-electron chi connectivity index (χ4n) is 3.28. The summed E-state index contributed by atoms with van der Waals surface area (Å²) in [5, 5.41) is 0.509. The maximum absolute atomic E-state index is 12.4. The molecule has 0 aliphatic carbocycles. The lowest BCUT2D eigenvalue weighted by molar-refractivity contribution is 0.0218. The highest BCUT2D eigenvalue weighted by molar-refractivity contribution is 5.85. The van der Waals surface area contributed by atoms with Crippen LogP contribution in [0.2, 0.25) is 0 Å². The first-order chi connectivity index (χ1) is 12.7. The van der Waals surface area contributed by atoms with Crippen molar-refractivity contribution in [2.75, 3.05) is 31.6 Å². The van der Waals surface area contributed by atoms with E-state index in [1.807, 2.05) is 27.7 Å². The Morgan fingerprint density at radius 1 is 1.30 bits per heavy atom. The van der Waals surface area contributed by atoms with Gasteiger partial charge >= 0.3 is 6.09 Å². The number of hydrogen-bond donors (Lipinski definition) is 1. The molecule has 3 rings (SSSR count). The first kappa shape index (κ1) is 19.0. The molecule has 1 fully saturated rings. The van der Waals surface area contributed by atoms with Gasteiger partial charge in [0.15, 0.2) is 0 Å². The topological polar surface area (TPSA) is 87.8 Å². The third-order valence-corrected chi connectivity index (χ3v) is 4.53. The van der Waals surface area contributed by atoms with Gasteiger partial charge in [0, 0.05) is 31.7 Å². The van der Waals surface area contributed by atoms with Gasteiger partial charge in [0.25, 0.3) is 5.56 Å². The maximum atomic E-state index is 12.4. The van der Waals surface area contributed by atoms with Crippen LogP contribution >= 0.6 is 0 Å². The Hall–Kier alpha value is -2.77. The van der Waals surface area contributed by atoms with Crippen LogP contribution in [-0.4, -0.2) is 59.3 Å². The molecule has 2 heterocycles. The molecule has 0 saturated carbocycles. The summed E-state index contributed by atoms with van der Waals surface area (Å²) in [5.74, 6) is 0.651. The number of nitrogens with one attached hydrogen (secondary N) is 1. The number of H-pyrrole nitrogens is 1. The molecular formula is C19H26N4O4. The Labute approximate surface area is 158 Å². The van der Waals surface area contributed by atoms with E-state index in [4.69, 9.17) is 9.47 Å². The summed E-state index contributed by atoms with van der Waals surface area (Å²) in [6, 6.07) is 3.61. The Bertz CT molecular complexity index is 903. The van der Waals surface area contributed by atoms with Crippen LogP contribution in [0, 0.1) is 0 Å². The Morgan fingerprint density at radius 2 is 2.04 bits per heavy atom. The van der Waals surface area contributed by atoms with Crippen LogP contribution in [0.5, 0.6) is 5.75 Å². The molecule has 0 spiro atoms. The Morgan fingerprint density at radius 3 is 2.67 bits per heavy atom. The zero-order valence-electron chi connectivity index (χ0n) is 16.4. The Balaban J connectivity index is 1.87. The molecule has 1 saturated heterocycles. The van der Waals surface area contributed by atoms with E-state index in [-0.39, 0.29) is 17.7 Å². The predicted molar refractivity (Wildman–Crippen MR) is 104 cm³/mol. The van der Waals surface area contributed by atoms with Crippen LogP contribution in [0.3, 0.4) is 0 Å². The van der Waals surface area contributed by atoms with Gasteiger partial charge in [-0.2, -0.15) is 0 Å². The van der Waals surface area contributed by atoms with Crippen molar-refractivity contribution in [3.05, 3.63) is 28.8 Å². The van der Waals surface area contributed by atoms with E-state index >= 15 is 0 Å². The van der Waals surface area contributed by atoms with Crippen molar-refractivity contribution in [2.45, 2.75) is 39.3 Å². The molecule has 146 valence electrons. The standard InChI is InChI=1S/C19H26N4O4/c1-12-10-22(18(25)27-19(2,3)4)6-7-23(12)15-8-13-14(9-16(15)26-5)20-11-21-17(13)24/h8-9,11-12H,6-7,10H2,1-5H3,(H,20,21,24)/t12-/m0/s1. The number of nitrogens with zero attached hydrogens (tertiary/aromatic N) is 3. The predicted octanol–water partition coefficient (Wildman–Crippen LogP) is 2.38. The number of ether oxygens (including phenoxy) is 2. The average molecular weight is 374 g/mol. The number of benzene rings is 1. The highest BCUT2D eigenvalue weighted by Crippen LogP contribution is 2.33. The van der Waals surface area contributed by atoms with Crippen LogP contribution < -0.4 is 15.2 Å². The fraction of sp³-hybridized carbons (Fsp3) is 0.526. The normalized spacial score (nSPS) is 17.9. The van der Waals surface area contributed by atoms with Gasteiger partial charge < -0.3 is 24.3 Å². The molecule has 0 unspecified atom stereocenters. The van der Waals surface area contributed by atoms with E-state index in [9.17, 15) is 9.59 Å². The minimum atomic E-state index is -0.521. The second-order valence-electron chi connectivity index (χ2n) is 7.74. The number of carbonyl (C=O) groups is 1. The fourth-order valence-corrected chi connectivity index (χ4v) is 3.28. The zero-order valence-corrected chi connectivity index (χ0v) is 16.4. The van der Waals surface area contributed by atoms with E-state index in [1.165, 1.54) is 6.33 Å². The molecule has 8 heteroatoms. The van der Waals surface area contributed by atoms with Crippen molar-refractivity contribution < 1.29 is 14.3 Å². The van der Waals surface area contributed by atoms with E-state index in [2.05, 4.69) is 14.9 Å². The number of rotatable bonds is 2. The summed E-state index contributed by atoms with van der Waals surface area (Å²) in [4.78, 5) is 35.2. The summed E-state index contributed by atoms with van der Waals surface area (Å²) >= 11 is 0. The van der Waals surface area contributed by atoms with Gasteiger partial charge in [-0.3, -0.25) is 4.79 Å². The summed E-state index contributed by atoms with van der Waals surface area (Å²) in [5.41, 5.74) is 0.690. The molecule has 0 radical (unpaired) electrons. The van der Waals surface area contributed by atoms with Crippen LogP contribution in [-0.2, 0) is 4.74 Å². The number of piperazine rings is 1. The van der Waals surface area contributed by atoms with Gasteiger partial charge in [-0.15, -0.1) is 0 Å². The number of anilines is 1. The van der Waals surface area contributed by atoms with Crippen molar-refractivity contribution >= 4 is 22.7 Å². The molecule has 1 atom stereocenters. The second kappa shape index (κ2) is 7.09. The molecular weight excluding hydrogens is 348 g/mol. The number of hydrogen-bond acceptors (Lipinski definition) is 6. The third-order valence-electron chi connectivity index (χ3n) is 4.53. The molecule has 1 aromatic heterocycles. The maximum Gasteiger partial charge on any atom is 0.410 e. The lowest BCUT2D eigenvalue weighted by Crippen LogP contribution is -2.54. The smallest absolute Gasteiger partial charge is 0.410 e. The van der Waals surface area contributed by atoms with E-state index in [1.54, 1.807) is 24.1 Å². The molecule has 1 N–H and O–H groups in total. The van der Waals surface area contributed by atoms with Crippen molar-refractivity contribution in [1.29, 1.82) is 0 Å². The Kier molecular flexibility index (Phi) is 4.99. The van der Waals surface area contributed by atoms with Crippen LogP contribution in [0.25, 0.3) is 10.9 Å². The van der Waals surface area contributed by atoms with Crippen molar-refractivity contribution in [3.8, 4) is 5.75 Å². The molecule has 1 amide bonds. The zero-order chi connectivity index (χ0) is 19.8. The molecule has 27 heavy (non-hydrogen) atoms. The molecule has 1 aliphatic heterocycles. The first-order valence-corrected chi connectivity index (χ1v) is 8.99. The van der Waals surface area contributed by atoms with Crippen molar-refractivity contribution in [1.82, 2.24) is 14.9 Å². The number of aromatic nitrogens is 2. The van der Waals surface area contributed by atoms with Crippen LogP contribution in [0.1, 0.15) is 27.7 Å². The lowest BCUT2D eigenvalue weighted by Gasteiger charge is -2.41. The monoisotopic (exact) mass is 374 g/mol. The summed E-state index contributed by atoms with van der Waals surface area (Å²) in [7, 11) is 1.60. The summed E-state index contributed by atoms with van der Waals surface area (Å²) < 4.78 is 11.0. The number of fused-ring (bicyclic) bond motifs is 1. The van der Waals surface area contributed by atoms with Gasteiger partial charge in [0.05, 0.1) is 30.0 Å². The van der Waals surface area contributed by atoms with Gasteiger partial charge in [-0.05, 0) is 33.8 Å². The summed E-state index contributed by atoms with van der Waals surface area (Å²) in [6.45, 7) is 9.28. The quantitative estimate of drug-likeness (QED) is 0.868. The minimum absolute atomic E-state index is 0.0355. The van der Waals surface area contributed by atoms with E-state index in [0.717, 1.165) is 5.69 Å². The van der Waals surface area contributed by atoms with E-state index < -0.39 is 5.60 Å². The van der Waals surface area contributed by atoms with Crippen molar-refractivity contribution in [3.63, 3.8) is 0 Å². The molecule has 8 nitrogen and oxygen atoms in total. The third kappa shape index (κ3) is 3.99. The highest BCUT2D eigenvalue weighted by Gasteiger charge is 2.31. The molecule has 2 aromatic rings. The van der Waals surface area contributed by atoms with Gasteiger partial charge in [0.1, 0.15) is 11.4 Å². The number of amides is 1. The molecule has 0 bridgehead atoms. The van der Waals surface area contributed by atoms with Gasteiger partial charge in [-0.25, -0.2) is 9.78 Å². The lowest BCUT2D eigenvalue weighted by atomic mass is 10.1. The number of aromatic amines is 1. The first-order valence-electron chi connectivity index (χ1n) is 8.99. The van der Waals surface area contributed by atoms with E-state index in [0.29, 0.717) is 36.3 Å². The largest absolute Gasteiger partial charge is 0.495 e.